The Morgan fingerprint density at radius 2 is 1.68 bits per heavy atom. The number of alkyl halides is 3. The Bertz CT molecular complexity index is 1300. The summed E-state index contributed by atoms with van der Waals surface area (Å²) in [4.78, 5) is 23.2. The smallest absolute Gasteiger partial charge is 0.419 e. The molecule has 0 spiro atoms. The molecule has 2 aromatic carbocycles. The van der Waals surface area contributed by atoms with Gasteiger partial charge >= 0.3 is 12.1 Å². The first-order valence-corrected chi connectivity index (χ1v) is 14.0. The molecule has 9 heteroatoms. The summed E-state index contributed by atoms with van der Waals surface area (Å²) in [5.74, 6) is -1.21. The number of hydrogen-bond donors (Lipinski definition) is 1. The summed E-state index contributed by atoms with van der Waals surface area (Å²) < 4.78 is 46.9. The van der Waals surface area contributed by atoms with Gasteiger partial charge in [0.25, 0.3) is 0 Å². The lowest BCUT2D eigenvalue weighted by atomic mass is 9.83. The second-order valence-electron chi connectivity index (χ2n) is 11.8. The van der Waals surface area contributed by atoms with Gasteiger partial charge in [-0.25, -0.2) is 9.97 Å². The van der Waals surface area contributed by atoms with E-state index in [2.05, 4.69) is 53.1 Å². The number of carbonyl (C=O) groups excluding carboxylic acids is 1. The molecule has 6 nitrogen and oxygen atoms in total. The number of benzene rings is 2. The molecule has 220 valence electrons. The number of anilines is 2. The fourth-order valence-corrected chi connectivity index (χ4v) is 5.56. The zero-order valence-electron chi connectivity index (χ0n) is 24.3. The molecule has 41 heavy (non-hydrogen) atoms. The third-order valence-electron chi connectivity index (χ3n) is 8.07. The van der Waals surface area contributed by atoms with Crippen LogP contribution < -0.4 is 5.32 Å². The molecule has 0 aliphatic carbocycles. The first-order valence-electron chi connectivity index (χ1n) is 14.0. The number of halogens is 3. The highest BCUT2D eigenvalue weighted by molar-refractivity contribution is 5.73. The van der Waals surface area contributed by atoms with E-state index >= 15 is 0 Å². The highest BCUT2D eigenvalue weighted by Crippen LogP contribution is 2.37. The maximum Gasteiger partial charge on any atom is 0.419 e. The number of carbonyl (C=O) groups is 1. The van der Waals surface area contributed by atoms with Crippen LogP contribution in [-0.2, 0) is 22.1 Å². The van der Waals surface area contributed by atoms with Crippen LogP contribution in [0.5, 0.6) is 0 Å². The molecule has 0 bridgehead atoms. The van der Waals surface area contributed by atoms with Crippen molar-refractivity contribution in [3.8, 4) is 0 Å². The molecule has 0 saturated carbocycles. The second-order valence-corrected chi connectivity index (χ2v) is 11.8. The van der Waals surface area contributed by atoms with Crippen molar-refractivity contribution in [3.05, 3.63) is 83.2 Å². The van der Waals surface area contributed by atoms with Crippen molar-refractivity contribution in [3.63, 3.8) is 0 Å². The minimum atomic E-state index is -4.65. The van der Waals surface area contributed by atoms with Crippen molar-refractivity contribution in [1.29, 1.82) is 0 Å². The standard InChI is InChI=1S/C32H39F3N4O2/c1-21(29(40)41-5)26(24-9-7-6-8-10-24)19-28-27(32(33,34)35)20-36-30(38-28)37-25-13-11-22(12-14-25)23-15-17-39(18-16-23)31(2,3)4/h6-14,20-21,23,26H,15-19H2,1-5H3,(H,36,37,38). The van der Waals surface area contributed by atoms with E-state index in [1.165, 1.54) is 12.7 Å². The summed E-state index contributed by atoms with van der Waals surface area (Å²) in [5, 5.41) is 3.07. The van der Waals surface area contributed by atoms with Crippen molar-refractivity contribution in [2.24, 2.45) is 5.92 Å². The van der Waals surface area contributed by atoms with E-state index < -0.39 is 29.5 Å². The fraction of sp³-hybridized carbons (Fsp3) is 0.469. The van der Waals surface area contributed by atoms with Gasteiger partial charge in [-0.05, 0) is 82.3 Å². The number of rotatable bonds is 8. The number of aromatic nitrogens is 2. The number of ether oxygens (including phenoxy) is 1. The van der Waals surface area contributed by atoms with Gasteiger partial charge in [-0.1, -0.05) is 49.4 Å². The predicted molar refractivity (Wildman–Crippen MR) is 154 cm³/mol. The molecule has 0 amide bonds. The molecule has 2 atom stereocenters. The first-order chi connectivity index (χ1) is 19.4. The molecule has 1 N–H and O–H groups in total. The van der Waals surface area contributed by atoms with Crippen LogP contribution in [0.15, 0.2) is 60.8 Å². The van der Waals surface area contributed by atoms with Crippen LogP contribution in [0.25, 0.3) is 0 Å². The van der Waals surface area contributed by atoms with Gasteiger partial charge in [-0.2, -0.15) is 13.2 Å². The Morgan fingerprint density at radius 1 is 1.05 bits per heavy atom. The van der Waals surface area contributed by atoms with Gasteiger partial charge in [0, 0.05) is 23.3 Å². The monoisotopic (exact) mass is 568 g/mol. The predicted octanol–water partition coefficient (Wildman–Crippen LogP) is 7.35. The quantitative estimate of drug-likeness (QED) is 0.287. The minimum absolute atomic E-state index is 0.0665. The number of methoxy groups -OCH3 is 1. The number of esters is 1. The van der Waals surface area contributed by atoms with Crippen LogP contribution in [0.4, 0.5) is 24.8 Å². The Balaban J connectivity index is 1.55. The van der Waals surface area contributed by atoms with E-state index in [-0.39, 0.29) is 23.6 Å². The first kappa shape index (κ1) is 30.5. The van der Waals surface area contributed by atoms with E-state index in [1.807, 2.05) is 18.2 Å². The Labute approximate surface area is 240 Å². The zero-order valence-corrected chi connectivity index (χ0v) is 24.3. The van der Waals surface area contributed by atoms with Crippen molar-refractivity contribution < 1.29 is 22.7 Å². The van der Waals surface area contributed by atoms with E-state index in [9.17, 15) is 18.0 Å². The molecule has 0 radical (unpaired) electrons. The lowest BCUT2D eigenvalue weighted by Gasteiger charge is -2.41. The molecule has 2 heterocycles. The number of nitrogens with one attached hydrogen (secondary N) is 1. The molecule has 1 aromatic heterocycles. The van der Waals surface area contributed by atoms with Crippen LogP contribution in [0, 0.1) is 5.92 Å². The van der Waals surface area contributed by atoms with E-state index in [0.29, 0.717) is 11.6 Å². The van der Waals surface area contributed by atoms with Crippen LogP contribution in [0.2, 0.25) is 0 Å². The fourth-order valence-electron chi connectivity index (χ4n) is 5.56. The lowest BCUT2D eigenvalue weighted by Crippen LogP contribution is -2.45. The van der Waals surface area contributed by atoms with Crippen molar-refractivity contribution in [1.82, 2.24) is 14.9 Å². The normalized spacial score (nSPS) is 16.7. The summed E-state index contributed by atoms with van der Waals surface area (Å²) in [6.07, 6.45) is -1.77. The maximum absolute atomic E-state index is 14.0. The third-order valence-corrected chi connectivity index (χ3v) is 8.07. The number of nitrogens with zero attached hydrogens (tertiary/aromatic N) is 3. The summed E-state index contributed by atoms with van der Waals surface area (Å²) in [7, 11) is 1.27. The summed E-state index contributed by atoms with van der Waals surface area (Å²) in [6, 6.07) is 17.0. The zero-order chi connectivity index (χ0) is 29.8. The largest absolute Gasteiger partial charge is 0.469 e. The molecule has 1 fully saturated rings. The van der Waals surface area contributed by atoms with Crippen molar-refractivity contribution in [2.75, 3.05) is 25.5 Å². The molecule has 1 saturated heterocycles. The third kappa shape index (κ3) is 7.64. The molecule has 2 unspecified atom stereocenters. The van der Waals surface area contributed by atoms with E-state index in [1.54, 1.807) is 31.2 Å². The molecule has 3 aromatic rings. The SMILES string of the molecule is COC(=O)C(C)C(Cc1nc(Nc2ccc(C3CCN(C(C)(C)C)CC3)cc2)ncc1C(F)(F)F)c1ccccc1. The van der Waals surface area contributed by atoms with Crippen LogP contribution >= 0.6 is 0 Å². The Kier molecular flexibility index (Phi) is 9.37. The summed E-state index contributed by atoms with van der Waals surface area (Å²) >= 11 is 0. The summed E-state index contributed by atoms with van der Waals surface area (Å²) in [6.45, 7) is 10.5. The minimum Gasteiger partial charge on any atom is -0.469 e. The average Bonchev–Trinajstić information content (AvgIpc) is 2.95. The molecule has 1 aliphatic rings. The molecule has 1 aliphatic heterocycles. The topological polar surface area (TPSA) is 67.3 Å². The highest BCUT2D eigenvalue weighted by Gasteiger charge is 2.37. The number of hydrogen-bond acceptors (Lipinski definition) is 6. The van der Waals surface area contributed by atoms with Crippen LogP contribution in [0.1, 0.15) is 74.8 Å². The van der Waals surface area contributed by atoms with Gasteiger partial charge in [0.2, 0.25) is 5.95 Å². The van der Waals surface area contributed by atoms with Gasteiger partial charge in [0.05, 0.1) is 24.3 Å². The maximum atomic E-state index is 14.0. The van der Waals surface area contributed by atoms with Gasteiger partial charge < -0.3 is 10.1 Å². The molecular formula is C32H39F3N4O2. The van der Waals surface area contributed by atoms with E-state index in [0.717, 1.165) is 37.7 Å². The van der Waals surface area contributed by atoms with E-state index in [4.69, 9.17) is 4.74 Å². The molecule has 4 rings (SSSR count). The van der Waals surface area contributed by atoms with Crippen LogP contribution in [0.3, 0.4) is 0 Å². The average molecular weight is 569 g/mol. The van der Waals surface area contributed by atoms with Crippen LogP contribution in [-0.4, -0.2) is 46.6 Å². The van der Waals surface area contributed by atoms with Crippen molar-refractivity contribution in [2.45, 2.75) is 70.5 Å². The lowest BCUT2D eigenvalue weighted by molar-refractivity contribution is -0.145. The van der Waals surface area contributed by atoms with Gasteiger partial charge in [-0.3, -0.25) is 9.69 Å². The Hall–Kier alpha value is -3.46. The second kappa shape index (κ2) is 12.6. The Morgan fingerprint density at radius 3 is 2.24 bits per heavy atom. The van der Waals surface area contributed by atoms with Gasteiger partial charge in [0.15, 0.2) is 0 Å². The highest BCUT2D eigenvalue weighted by atomic mass is 19.4. The van der Waals surface area contributed by atoms with Gasteiger partial charge in [0.1, 0.15) is 0 Å². The summed E-state index contributed by atoms with van der Waals surface area (Å²) in [5.41, 5.74) is 1.74. The molecular weight excluding hydrogens is 529 g/mol. The van der Waals surface area contributed by atoms with Crippen molar-refractivity contribution >= 4 is 17.6 Å². The van der Waals surface area contributed by atoms with Gasteiger partial charge in [-0.15, -0.1) is 0 Å². The number of piperidine rings is 1. The number of likely N-dealkylation sites (tertiary alicyclic amines) is 1.